The van der Waals surface area contributed by atoms with Crippen molar-refractivity contribution < 1.29 is 0 Å². The van der Waals surface area contributed by atoms with E-state index in [4.69, 9.17) is 0 Å². The van der Waals surface area contributed by atoms with Crippen molar-refractivity contribution in [1.82, 2.24) is 0 Å². The van der Waals surface area contributed by atoms with Crippen molar-refractivity contribution in [1.29, 1.82) is 0 Å². The lowest BCUT2D eigenvalue weighted by Crippen LogP contribution is -1.94. The first-order valence-electron chi connectivity index (χ1n) is 20.9. The Morgan fingerprint density at radius 2 is 0.617 bits per heavy atom. The number of rotatable bonds is 5. The molecule has 0 bridgehead atoms. The van der Waals surface area contributed by atoms with E-state index in [1.54, 1.807) is 0 Å². The standard InChI is InChI=1S/C60H36/c1-3-11-37(12-4-1)45-33-46(48-29-25-43-23-21-39-15-9-17-41-26-30-51(48)58(43)56(39)41)35-47(34-45)54-36-55(38-13-5-2-6-14-38)60(50-20-8-7-19-49(50)54)53-32-28-44-24-22-40-16-10-18-42-27-31-52(53)59(44)57(40)42/h1-36H. The predicted molar refractivity (Wildman–Crippen MR) is 259 cm³/mol. The molecule has 0 unspecified atom stereocenters. The van der Waals surface area contributed by atoms with E-state index >= 15 is 0 Å². The van der Waals surface area contributed by atoms with Crippen LogP contribution in [0.25, 0.3) is 131 Å². The fourth-order valence-corrected chi connectivity index (χ4v) is 10.4. The lowest BCUT2D eigenvalue weighted by atomic mass is 9.82. The molecule has 0 aliphatic rings. The molecule has 0 radical (unpaired) electrons. The summed E-state index contributed by atoms with van der Waals surface area (Å²) in [5.41, 5.74) is 12.3. The molecule has 13 aromatic carbocycles. The Bertz CT molecular complexity index is 3770. The van der Waals surface area contributed by atoms with Crippen LogP contribution in [0.1, 0.15) is 0 Å². The van der Waals surface area contributed by atoms with Crippen LogP contribution in [0.4, 0.5) is 0 Å². The molecule has 0 spiro atoms. The smallest absolute Gasteiger partial charge is 0.00201 e. The van der Waals surface area contributed by atoms with Crippen molar-refractivity contribution in [3.8, 4) is 55.6 Å². The molecule has 0 amide bonds. The highest BCUT2D eigenvalue weighted by atomic mass is 14.2. The van der Waals surface area contributed by atoms with E-state index in [0.717, 1.165) is 0 Å². The van der Waals surface area contributed by atoms with Gasteiger partial charge in [-0.05, 0) is 155 Å². The van der Waals surface area contributed by atoms with E-state index in [1.807, 2.05) is 0 Å². The van der Waals surface area contributed by atoms with Crippen molar-refractivity contribution in [2.45, 2.75) is 0 Å². The maximum absolute atomic E-state index is 2.48. The van der Waals surface area contributed by atoms with Gasteiger partial charge in [0.15, 0.2) is 0 Å². The highest BCUT2D eigenvalue weighted by Crippen LogP contribution is 2.49. The third kappa shape index (κ3) is 4.92. The molecule has 0 saturated heterocycles. The highest BCUT2D eigenvalue weighted by Gasteiger charge is 2.21. The molecule has 0 heteroatoms. The van der Waals surface area contributed by atoms with E-state index in [-0.39, 0.29) is 0 Å². The SMILES string of the molecule is c1ccc(-c2cc(-c3cc(-c4ccccc4)c(-c4ccc5ccc6cccc7ccc4c5c67)c4ccccc34)cc(-c3ccc4ccc5cccc6ccc3c4c56)c2)cc1. The highest BCUT2D eigenvalue weighted by molar-refractivity contribution is 6.28. The third-order valence-electron chi connectivity index (χ3n) is 13.1. The van der Waals surface area contributed by atoms with Gasteiger partial charge in [-0.3, -0.25) is 0 Å². The van der Waals surface area contributed by atoms with Gasteiger partial charge in [0.05, 0.1) is 0 Å². The summed E-state index contributed by atoms with van der Waals surface area (Å²) < 4.78 is 0. The third-order valence-corrected chi connectivity index (χ3v) is 13.1. The molecule has 0 atom stereocenters. The lowest BCUT2D eigenvalue weighted by Gasteiger charge is -2.21. The van der Waals surface area contributed by atoms with Crippen LogP contribution >= 0.6 is 0 Å². The molecule has 0 N–H and O–H groups in total. The van der Waals surface area contributed by atoms with Crippen LogP contribution in [0.15, 0.2) is 218 Å². The zero-order valence-corrected chi connectivity index (χ0v) is 32.8. The average Bonchev–Trinajstić information content (AvgIpc) is 3.32. The molecule has 0 nitrogen and oxygen atoms in total. The second-order valence-corrected chi connectivity index (χ2v) is 16.4. The lowest BCUT2D eigenvalue weighted by molar-refractivity contribution is 1.58. The van der Waals surface area contributed by atoms with Crippen molar-refractivity contribution >= 4 is 75.4 Å². The normalized spacial score (nSPS) is 12.0. The Balaban J connectivity index is 1.12. The van der Waals surface area contributed by atoms with Crippen LogP contribution in [0.5, 0.6) is 0 Å². The largest absolute Gasteiger partial charge is 0.0622 e. The molecule has 276 valence electrons. The summed E-state index contributed by atoms with van der Waals surface area (Å²) in [7, 11) is 0. The minimum Gasteiger partial charge on any atom is -0.0622 e. The fourth-order valence-electron chi connectivity index (χ4n) is 10.4. The number of hydrogen-bond acceptors (Lipinski definition) is 0. The summed E-state index contributed by atoms with van der Waals surface area (Å²) in [6, 6.07) is 81.6. The molecule has 0 aliphatic heterocycles. The number of fused-ring (bicyclic) bond motifs is 1. The van der Waals surface area contributed by atoms with Gasteiger partial charge in [-0.2, -0.15) is 0 Å². The van der Waals surface area contributed by atoms with Crippen LogP contribution in [0.3, 0.4) is 0 Å². The minimum absolute atomic E-state index is 1.20. The molecule has 13 rings (SSSR count). The number of hydrogen-bond donors (Lipinski definition) is 0. The van der Waals surface area contributed by atoms with Gasteiger partial charge in [-0.1, -0.05) is 194 Å². The maximum atomic E-state index is 2.48. The first kappa shape index (κ1) is 33.2. The zero-order valence-electron chi connectivity index (χ0n) is 32.8. The molecular formula is C60H36. The van der Waals surface area contributed by atoms with Crippen LogP contribution in [-0.2, 0) is 0 Å². The van der Waals surface area contributed by atoms with Gasteiger partial charge in [-0.15, -0.1) is 0 Å². The first-order chi connectivity index (χ1) is 29.7. The molecule has 0 heterocycles. The van der Waals surface area contributed by atoms with Gasteiger partial charge in [0.25, 0.3) is 0 Å². The average molecular weight is 757 g/mol. The summed E-state index contributed by atoms with van der Waals surface area (Å²) in [4.78, 5) is 0. The Morgan fingerprint density at radius 3 is 1.22 bits per heavy atom. The van der Waals surface area contributed by atoms with Crippen LogP contribution in [0, 0.1) is 0 Å². The summed E-state index contributed by atoms with van der Waals surface area (Å²) >= 11 is 0. The topological polar surface area (TPSA) is 0 Å². The Hall–Kier alpha value is -7.80. The molecule has 0 saturated carbocycles. The Kier molecular flexibility index (Phi) is 7.11. The molecular weight excluding hydrogens is 721 g/mol. The van der Waals surface area contributed by atoms with Gasteiger partial charge in [0.2, 0.25) is 0 Å². The molecule has 0 aromatic heterocycles. The molecule has 0 aliphatic carbocycles. The van der Waals surface area contributed by atoms with Gasteiger partial charge < -0.3 is 0 Å². The number of benzene rings is 13. The van der Waals surface area contributed by atoms with Crippen LogP contribution in [-0.4, -0.2) is 0 Å². The van der Waals surface area contributed by atoms with Gasteiger partial charge in [0, 0.05) is 0 Å². The van der Waals surface area contributed by atoms with E-state index in [0.29, 0.717) is 0 Å². The van der Waals surface area contributed by atoms with Crippen molar-refractivity contribution in [2.75, 3.05) is 0 Å². The Morgan fingerprint density at radius 1 is 0.183 bits per heavy atom. The van der Waals surface area contributed by atoms with Crippen molar-refractivity contribution in [3.63, 3.8) is 0 Å². The zero-order chi connectivity index (χ0) is 39.3. The summed E-state index contributed by atoms with van der Waals surface area (Å²) in [5, 5.41) is 18.1. The molecule has 0 fully saturated rings. The minimum atomic E-state index is 1.20. The van der Waals surface area contributed by atoms with E-state index in [1.165, 1.54) is 131 Å². The summed E-state index contributed by atoms with van der Waals surface area (Å²) in [6.07, 6.45) is 0. The fraction of sp³-hybridized carbons (Fsp3) is 0. The van der Waals surface area contributed by atoms with Gasteiger partial charge in [-0.25, -0.2) is 0 Å². The predicted octanol–water partition coefficient (Wildman–Crippen LogP) is 17.0. The van der Waals surface area contributed by atoms with Crippen LogP contribution in [0.2, 0.25) is 0 Å². The maximum Gasteiger partial charge on any atom is -0.00201 e. The molecule has 13 aromatic rings. The second kappa shape index (κ2) is 12.9. The van der Waals surface area contributed by atoms with Crippen molar-refractivity contribution in [3.05, 3.63) is 218 Å². The van der Waals surface area contributed by atoms with Crippen molar-refractivity contribution in [2.24, 2.45) is 0 Å². The monoisotopic (exact) mass is 756 g/mol. The van der Waals surface area contributed by atoms with Gasteiger partial charge >= 0.3 is 0 Å². The quantitative estimate of drug-likeness (QED) is 0.153. The van der Waals surface area contributed by atoms with Gasteiger partial charge in [0.1, 0.15) is 0 Å². The summed E-state index contributed by atoms with van der Waals surface area (Å²) in [6.45, 7) is 0. The first-order valence-corrected chi connectivity index (χ1v) is 20.9. The van der Waals surface area contributed by atoms with E-state index in [2.05, 4.69) is 218 Å². The second-order valence-electron chi connectivity index (χ2n) is 16.4. The molecule has 60 heavy (non-hydrogen) atoms. The van der Waals surface area contributed by atoms with E-state index < -0.39 is 0 Å². The van der Waals surface area contributed by atoms with Crippen LogP contribution < -0.4 is 0 Å². The Labute approximate surface area is 347 Å². The summed E-state index contributed by atoms with van der Waals surface area (Å²) in [5.74, 6) is 0. The van der Waals surface area contributed by atoms with E-state index in [9.17, 15) is 0 Å².